The number of hydrogen-bond acceptors (Lipinski definition) is 5. The second-order valence-corrected chi connectivity index (χ2v) is 9.53. The number of aromatic nitrogens is 3. The summed E-state index contributed by atoms with van der Waals surface area (Å²) in [6.07, 6.45) is -1.47. The molecule has 3 atom stereocenters. The highest BCUT2D eigenvalue weighted by Crippen LogP contribution is 2.36. The van der Waals surface area contributed by atoms with Crippen molar-refractivity contribution in [1.29, 1.82) is 5.26 Å². The van der Waals surface area contributed by atoms with E-state index in [1.807, 2.05) is 20.8 Å². The van der Waals surface area contributed by atoms with Gasteiger partial charge >= 0.3 is 6.18 Å². The number of benzene rings is 1. The van der Waals surface area contributed by atoms with Gasteiger partial charge in [-0.25, -0.2) is 4.39 Å². The number of piperazine rings is 1. The minimum absolute atomic E-state index is 0.0419. The first-order valence-electron chi connectivity index (χ1n) is 12.3. The van der Waals surface area contributed by atoms with Crippen molar-refractivity contribution in [2.45, 2.75) is 64.5 Å². The van der Waals surface area contributed by atoms with Crippen LogP contribution in [0.25, 0.3) is 11.0 Å². The highest BCUT2D eigenvalue weighted by atomic mass is 19.4. The van der Waals surface area contributed by atoms with Gasteiger partial charge in [-0.1, -0.05) is 19.9 Å². The van der Waals surface area contributed by atoms with Gasteiger partial charge in [-0.3, -0.25) is 14.4 Å². The molecule has 0 amide bonds. The third-order valence-electron chi connectivity index (χ3n) is 7.44. The normalized spacial score (nSPS) is 19.8. The number of nitriles is 1. The molecule has 0 saturated carbocycles. The first kappa shape index (κ1) is 26.7. The van der Waals surface area contributed by atoms with Crippen molar-refractivity contribution in [1.82, 2.24) is 19.2 Å². The molecule has 1 aliphatic heterocycles. The molecular formula is C26H30F4N6O. The molecule has 37 heavy (non-hydrogen) atoms. The van der Waals surface area contributed by atoms with E-state index in [0.29, 0.717) is 35.9 Å². The lowest BCUT2D eigenvalue weighted by atomic mass is 9.95. The van der Waals surface area contributed by atoms with Crippen LogP contribution in [0.3, 0.4) is 0 Å². The standard InChI is InChI=1S/C26H30F4N6O/c1-5-18-14-36(22-12-24(37)33(4)23-15-34(10-9-31)32-25(22)23)19(6-2)13-35(18)16(3)20-8-7-17(11-21(20)27)26(28,29)30/h7-8,11-12,15-16,18-19H,5-6,10,13-14H2,1-4H3/t16-,18+,19-/m0/s1. The van der Waals surface area contributed by atoms with Gasteiger partial charge in [0, 0.05) is 49.9 Å². The number of nitrogens with zero attached hydrogens (tertiary/aromatic N) is 6. The van der Waals surface area contributed by atoms with Crippen LogP contribution in [0.15, 0.2) is 35.3 Å². The predicted molar refractivity (Wildman–Crippen MR) is 133 cm³/mol. The molecule has 1 saturated heterocycles. The summed E-state index contributed by atoms with van der Waals surface area (Å²) in [5.74, 6) is -0.871. The molecule has 7 nitrogen and oxygen atoms in total. The lowest BCUT2D eigenvalue weighted by Crippen LogP contribution is -2.59. The molecule has 0 unspecified atom stereocenters. The van der Waals surface area contributed by atoms with Crippen LogP contribution in [0, 0.1) is 17.1 Å². The molecule has 198 valence electrons. The van der Waals surface area contributed by atoms with Crippen molar-refractivity contribution in [3.63, 3.8) is 0 Å². The van der Waals surface area contributed by atoms with Gasteiger partial charge in [-0.05, 0) is 31.9 Å². The Bertz CT molecular complexity index is 1390. The van der Waals surface area contributed by atoms with Gasteiger partial charge < -0.3 is 9.47 Å². The van der Waals surface area contributed by atoms with E-state index in [4.69, 9.17) is 5.26 Å². The second kappa shape index (κ2) is 10.2. The summed E-state index contributed by atoms with van der Waals surface area (Å²) in [6, 6.07) is 5.83. The van der Waals surface area contributed by atoms with Gasteiger partial charge in [-0.15, -0.1) is 0 Å². The molecule has 1 aliphatic rings. The number of alkyl halides is 3. The SMILES string of the molecule is CC[C@H]1CN([C@@H](C)c2ccc(C(F)(F)F)cc2F)[C@H](CC)CN1c1cc(=O)n(C)c2cn(CC#N)nc12. The summed E-state index contributed by atoms with van der Waals surface area (Å²) in [5.41, 5.74) is 0.970. The quantitative estimate of drug-likeness (QED) is 0.436. The van der Waals surface area contributed by atoms with E-state index >= 15 is 0 Å². The number of fused-ring (bicyclic) bond motifs is 1. The molecule has 0 bridgehead atoms. The second-order valence-electron chi connectivity index (χ2n) is 9.53. The molecule has 11 heteroatoms. The van der Waals surface area contributed by atoms with Crippen LogP contribution in [0.4, 0.5) is 23.2 Å². The smallest absolute Gasteiger partial charge is 0.364 e. The third-order valence-corrected chi connectivity index (χ3v) is 7.44. The summed E-state index contributed by atoms with van der Waals surface area (Å²) in [6.45, 7) is 6.98. The highest BCUT2D eigenvalue weighted by molar-refractivity contribution is 5.88. The number of rotatable bonds is 6. The van der Waals surface area contributed by atoms with E-state index in [9.17, 15) is 22.4 Å². The Hall–Kier alpha value is -3.39. The summed E-state index contributed by atoms with van der Waals surface area (Å²) in [4.78, 5) is 17.1. The number of pyridine rings is 1. The molecule has 0 radical (unpaired) electrons. The molecule has 2 aromatic heterocycles. The van der Waals surface area contributed by atoms with Crippen molar-refractivity contribution in [3.8, 4) is 6.07 Å². The molecular weight excluding hydrogens is 488 g/mol. The summed E-state index contributed by atoms with van der Waals surface area (Å²) in [7, 11) is 1.66. The Labute approximate surface area is 212 Å². The van der Waals surface area contributed by atoms with Crippen LogP contribution in [0.5, 0.6) is 0 Å². The zero-order valence-corrected chi connectivity index (χ0v) is 21.3. The minimum atomic E-state index is -4.61. The Morgan fingerprint density at radius 2 is 1.86 bits per heavy atom. The maximum Gasteiger partial charge on any atom is 0.416 e. The van der Waals surface area contributed by atoms with Gasteiger partial charge in [0.15, 0.2) is 0 Å². The summed E-state index contributed by atoms with van der Waals surface area (Å²) >= 11 is 0. The van der Waals surface area contributed by atoms with Crippen molar-refractivity contribution in [2.24, 2.45) is 7.05 Å². The van der Waals surface area contributed by atoms with E-state index in [1.165, 1.54) is 15.3 Å². The van der Waals surface area contributed by atoms with Crippen LogP contribution in [0.2, 0.25) is 0 Å². The lowest BCUT2D eigenvalue weighted by molar-refractivity contribution is -0.137. The zero-order valence-electron chi connectivity index (χ0n) is 21.3. The van der Waals surface area contributed by atoms with Crippen molar-refractivity contribution >= 4 is 16.7 Å². The van der Waals surface area contributed by atoms with Gasteiger partial charge in [0.25, 0.3) is 5.56 Å². The summed E-state index contributed by atoms with van der Waals surface area (Å²) in [5, 5.41) is 13.7. The number of aryl methyl sites for hydroxylation is 1. The number of anilines is 1. The average molecular weight is 519 g/mol. The Balaban J connectivity index is 1.70. The van der Waals surface area contributed by atoms with Gasteiger partial charge in [0.2, 0.25) is 0 Å². The van der Waals surface area contributed by atoms with Gasteiger partial charge in [0.05, 0.1) is 29.0 Å². The molecule has 3 heterocycles. The van der Waals surface area contributed by atoms with Gasteiger partial charge in [-0.2, -0.15) is 23.5 Å². The molecule has 3 aromatic rings. The molecule has 0 spiro atoms. The van der Waals surface area contributed by atoms with E-state index in [1.54, 1.807) is 19.3 Å². The fourth-order valence-electron chi connectivity index (χ4n) is 5.29. The van der Waals surface area contributed by atoms with Crippen LogP contribution in [-0.2, 0) is 19.8 Å². The summed E-state index contributed by atoms with van der Waals surface area (Å²) < 4.78 is 57.0. The largest absolute Gasteiger partial charge is 0.416 e. The first-order chi connectivity index (χ1) is 17.5. The van der Waals surface area contributed by atoms with E-state index in [-0.39, 0.29) is 29.8 Å². The van der Waals surface area contributed by atoms with Crippen molar-refractivity contribution < 1.29 is 17.6 Å². The minimum Gasteiger partial charge on any atom is -0.364 e. The first-order valence-corrected chi connectivity index (χ1v) is 12.3. The van der Waals surface area contributed by atoms with Crippen LogP contribution < -0.4 is 10.5 Å². The van der Waals surface area contributed by atoms with Crippen molar-refractivity contribution in [2.75, 3.05) is 18.0 Å². The molecule has 0 N–H and O–H groups in total. The van der Waals surface area contributed by atoms with Gasteiger partial charge in [0.1, 0.15) is 17.9 Å². The molecule has 1 aromatic carbocycles. The lowest BCUT2D eigenvalue weighted by Gasteiger charge is -2.49. The van der Waals surface area contributed by atoms with Crippen molar-refractivity contribution in [3.05, 3.63) is 57.8 Å². The highest BCUT2D eigenvalue weighted by Gasteiger charge is 2.38. The fraction of sp³-hybridized carbons (Fsp3) is 0.500. The topological polar surface area (TPSA) is 70.1 Å². The third kappa shape index (κ3) is 4.94. The monoisotopic (exact) mass is 518 g/mol. The van der Waals surface area contributed by atoms with E-state index in [2.05, 4.69) is 21.0 Å². The van der Waals surface area contributed by atoms with Crippen LogP contribution in [-0.4, -0.2) is 44.4 Å². The Kier molecular flexibility index (Phi) is 7.33. The molecule has 4 rings (SSSR count). The Morgan fingerprint density at radius 3 is 2.46 bits per heavy atom. The maximum absolute atomic E-state index is 14.9. The number of hydrogen-bond donors (Lipinski definition) is 0. The predicted octanol–water partition coefficient (Wildman–Crippen LogP) is 4.86. The Morgan fingerprint density at radius 1 is 1.16 bits per heavy atom. The average Bonchev–Trinajstić information content (AvgIpc) is 3.28. The number of halogens is 4. The maximum atomic E-state index is 14.9. The van der Waals surface area contributed by atoms with Crippen LogP contribution >= 0.6 is 0 Å². The molecule has 1 fully saturated rings. The van der Waals surface area contributed by atoms with E-state index in [0.717, 1.165) is 18.9 Å². The zero-order chi connectivity index (χ0) is 27.1. The van der Waals surface area contributed by atoms with Crippen LogP contribution in [0.1, 0.15) is 50.8 Å². The fourth-order valence-corrected chi connectivity index (χ4v) is 5.29. The van der Waals surface area contributed by atoms with E-state index < -0.39 is 23.6 Å². The molecule has 0 aliphatic carbocycles.